The van der Waals surface area contributed by atoms with E-state index in [9.17, 15) is 13.6 Å². The SMILES string of the molecule is O=C(CN1CC2CCCC2C1)c1cc(F)ccc1F. The van der Waals surface area contributed by atoms with Crippen LogP contribution in [0.15, 0.2) is 18.2 Å². The van der Waals surface area contributed by atoms with Crippen LogP contribution in [0.5, 0.6) is 0 Å². The number of benzene rings is 1. The van der Waals surface area contributed by atoms with Crippen LogP contribution in [0.2, 0.25) is 0 Å². The molecule has 2 aliphatic rings. The number of Topliss-reactive ketones (excluding diaryl/α,β-unsaturated/α-hetero) is 1. The summed E-state index contributed by atoms with van der Waals surface area (Å²) in [5.74, 6) is -0.124. The van der Waals surface area contributed by atoms with Gasteiger partial charge >= 0.3 is 0 Å². The molecule has 0 amide bonds. The third-order valence-electron chi connectivity index (χ3n) is 4.40. The number of likely N-dealkylation sites (tertiary alicyclic amines) is 1. The molecule has 1 saturated heterocycles. The van der Waals surface area contributed by atoms with Crippen LogP contribution in [0.25, 0.3) is 0 Å². The van der Waals surface area contributed by atoms with E-state index in [2.05, 4.69) is 4.90 Å². The van der Waals surface area contributed by atoms with Crippen LogP contribution in [0.3, 0.4) is 0 Å². The maximum Gasteiger partial charge on any atom is 0.179 e. The lowest BCUT2D eigenvalue weighted by Gasteiger charge is -2.15. The zero-order valence-electron chi connectivity index (χ0n) is 10.7. The average Bonchev–Trinajstić information content (AvgIpc) is 2.92. The summed E-state index contributed by atoms with van der Waals surface area (Å²) in [7, 11) is 0. The van der Waals surface area contributed by atoms with Gasteiger partial charge in [-0.1, -0.05) is 6.42 Å². The van der Waals surface area contributed by atoms with E-state index in [1.807, 2.05) is 0 Å². The van der Waals surface area contributed by atoms with Gasteiger partial charge in [0.05, 0.1) is 12.1 Å². The quantitative estimate of drug-likeness (QED) is 0.783. The molecule has 2 nitrogen and oxygen atoms in total. The third kappa shape index (κ3) is 2.54. The molecule has 1 aliphatic carbocycles. The lowest BCUT2D eigenvalue weighted by atomic mass is 10.0. The molecule has 19 heavy (non-hydrogen) atoms. The number of ketones is 1. The number of halogens is 2. The highest BCUT2D eigenvalue weighted by Gasteiger charge is 2.36. The molecule has 3 rings (SSSR count). The minimum atomic E-state index is -0.634. The number of rotatable bonds is 3. The van der Waals surface area contributed by atoms with Crippen LogP contribution in [-0.4, -0.2) is 30.3 Å². The summed E-state index contributed by atoms with van der Waals surface area (Å²) in [5, 5.41) is 0. The van der Waals surface area contributed by atoms with E-state index in [1.165, 1.54) is 19.3 Å². The van der Waals surface area contributed by atoms with Gasteiger partial charge in [0.15, 0.2) is 5.78 Å². The predicted molar refractivity (Wildman–Crippen MR) is 68.0 cm³/mol. The van der Waals surface area contributed by atoms with Crippen LogP contribution in [0.1, 0.15) is 29.6 Å². The Morgan fingerprint density at radius 1 is 1.21 bits per heavy atom. The average molecular weight is 265 g/mol. The summed E-state index contributed by atoms with van der Waals surface area (Å²) in [4.78, 5) is 14.1. The summed E-state index contributed by atoms with van der Waals surface area (Å²) in [6, 6.07) is 3.04. The molecule has 1 aliphatic heterocycles. The molecule has 2 fully saturated rings. The van der Waals surface area contributed by atoms with Crippen LogP contribution < -0.4 is 0 Å². The van der Waals surface area contributed by atoms with Gasteiger partial charge in [0.2, 0.25) is 0 Å². The van der Waals surface area contributed by atoms with Crippen LogP contribution in [-0.2, 0) is 0 Å². The second kappa shape index (κ2) is 5.00. The van der Waals surface area contributed by atoms with E-state index in [0.29, 0.717) is 11.8 Å². The van der Waals surface area contributed by atoms with Crippen molar-refractivity contribution in [3.8, 4) is 0 Å². The Morgan fingerprint density at radius 2 is 1.89 bits per heavy atom. The van der Waals surface area contributed by atoms with Crippen LogP contribution in [0.4, 0.5) is 8.78 Å². The topological polar surface area (TPSA) is 20.3 Å². The molecule has 2 atom stereocenters. The first-order valence-electron chi connectivity index (χ1n) is 6.84. The monoisotopic (exact) mass is 265 g/mol. The fourth-order valence-corrected chi connectivity index (χ4v) is 3.46. The lowest BCUT2D eigenvalue weighted by Crippen LogP contribution is -2.29. The van der Waals surface area contributed by atoms with Crippen LogP contribution in [0, 0.1) is 23.5 Å². The van der Waals surface area contributed by atoms with Crippen molar-refractivity contribution in [3.05, 3.63) is 35.4 Å². The van der Waals surface area contributed by atoms with Gasteiger partial charge in [-0.2, -0.15) is 0 Å². The fourth-order valence-electron chi connectivity index (χ4n) is 3.46. The number of carbonyl (C=O) groups is 1. The lowest BCUT2D eigenvalue weighted by molar-refractivity contribution is 0.0936. The van der Waals surface area contributed by atoms with Gasteiger partial charge in [0.25, 0.3) is 0 Å². The molecule has 1 saturated carbocycles. The molecule has 0 aromatic heterocycles. The van der Waals surface area contributed by atoms with E-state index in [-0.39, 0.29) is 17.9 Å². The Kier molecular flexibility index (Phi) is 3.35. The van der Waals surface area contributed by atoms with Crippen molar-refractivity contribution >= 4 is 5.78 Å². The van der Waals surface area contributed by atoms with Crippen molar-refractivity contribution in [2.24, 2.45) is 11.8 Å². The molecule has 0 spiro atoms. The van der Waals surface area contributed by atoms with Crippen molar-refractivity contribution in [2.75, 3.05) is 19.6 Å². The predicted octanol–water partition coefficient (Wildman–Crippen LogP) is 2.88. The van der Waals surface area contributed by atoms with E-state index in [0.717, 1.165) is 31.3 Å². The summed E-state index contributed by atoms with van der Waals surface area (Å²) < 4.78 is 26.6. The third-order valence-corrected chi connectivity index (χ3v) is 4.40. The van der Waals surface area contributed by atoms with E-state index in [4.69, 9.17) is 0 Å². The standard InChI is InChI=1S/C15H17F2NO/c16-12-4-5-14(17)13(6-12)15(19)9-18-7-10-2-1-3-11(10)8-18/h4-6,10-11H,1-3,7-9H2. The zero-order chi connectivity index (χ0) is 13.4. The largest absolute Gasteiger partial charge is 0.295 e. The van der Waals surface area contributed by atoms with E-state index < -0.39 is 11.6 Å². The highest BCUT2D eigenvalue weighted by molar-refractivity contribution is 5.97. The molecule has 0 N–H and O–H groups in total. The minimum absolute atomic E-state index is 0.128. The molecular formula is C15H17F2NO. The number of hydrogen-bond donors (Lipinski definition) is 0. The van der Waals surface area contributed by atoms with Crippen LogP contribution >= 0.6 is 0 Å². The van der Waals surface area contributed by atoms with Gasteiger partial charge in [0, 0.05) is 13.1 Å². The summed E-state index contributed by atoms with van der Waals surface area (Å²) in [6.45, 7) is 2.05. The van der Waals surface area contributed by atoms with Crippen molar-refractivity contribution in [3.63, 3.8) is 0 Å². The Bertz CT molecular complexity index is 491. The molecule has 1 heterocycles. The maximum absolute atomic E-state index is 13.5. The molecule has 1 aromatic rings. The highest BCUT2D eigenvalue weighted by atomic mass is 19.1. The first kappa shape index (κ1) is 12.7. The van der Waals surface area contributed by atoms with Gasteiger partial charge in [-0.05, 0) is 42.9 Å². The first-order chi connectivity index (χ1) is 9.13. The maximum atomic E-state index is 13.5. The van der Waals surface area contributed by atoms with Gasteiger partial charge in [0.1, 0.15) is 11.6 Å². The second-order valence-electron chi connectivity index (χ2n) is 5.69. The Labute approximate surface area is 111 Å². The molecular weight excluding hydrogens is 248 g/mol. The summed E-state index contributed by atoms with van der Waals surface area (Å²) in [5.41, 5.74) is -0.128. The number of carbonyl (C=O) groups excluding carboxylic acids is 1. The molecule has 0 radical (unpaired) electrons. The van der Waals surface area contributed by atoms with Crippen molar-refractivity contribution < 1.29 is 13.6 Å². The normalized spacial score (nSPS) is 26.6. The fraction of sp³-hybridized carbons (Fsp3) is 0.533. The molecule has 4 heteroatoms. The van der Waals surface area contributed by atoms with E-state index >= 15 is 0 Å². The molecule has 2 unspecified atom stereocenters. The van der Waals surface area contributed by atoms with E-state index in [1.54, 1.807) is 0 Å². The molecule has 102 valence electrons. The Morgan fingerprint density at radius 3 is 2.58 bits per heavy atom. The van der Waals surface area contributed by atoms with Gasteiger partial charge < -0.3 is 0 Å². The number of hydrogen-bond acceptors (Lipinski definition) is 2. The molecule has 0 bridgehead atoms. The first-order valence-corrected chi connectivity index (χ1v) is 6.84. The smallest absolute Gasteiger partial charge is 0.179 e. The number of nitrogens with zero attached hydrogens (tertiary/aromatic N) is 1. The van der Waals surface area contributed by atoms with Gasteiger partial charge in [-0.3, -0.25) is 9.69 Å². The number of fused-ring (bicyclic) bond motifs is 1. The minimum Gasteiger partial charge on any atom is -0.295 e. The van der Waals surface area contributed by atoms with Gasteiger partial charge in [-0.25, -0.2) is 8.78 Å². The second-order valence-corrected chi connectivity index (χ2v) is 5.69. The summed E-state index contributed by atoms with van der Waals surface area (Å²) in [6.07, 6.45) is 3.77. The van der Waals surface area contributed by atoms with Crippen molar-refractivity contribution in [1.82, 2.24) is 4.90 Å². The van der Waals surface area contributed by atoms with Crippen molar-refractivity contribution in [2.45, 2.75) is 19.3 Å². The Balaban J connectivity index is 1.67. The highest BCUT2D eigenvalue weighted by Crippen LogP contribution is 2.37. The zero-order valence-corrected chi connectivity index (χ0v) is 10.7. The Hall–Kier alpha value is -1.29. The van der Waals surface area contributed by atoms with Crippen molar-refractivity contribution in [1.29, 1.82) is 0 Å². The molecule has 1 aromatic carbocycles. The van der Waals surface area contributed by atoms with Gasteiger partial charge in [-0.15, -0.1) is 0 Å². The summed E-state index contributed by atoms with van der Waals surface area (Å²) >= 11 is 0.